The molecule has 1 aliphatic rings. The van der Waals surface area contributed by atoms with Gasteiger partial charge in [0.15, 0.2) is 0 Å². The average Bonchev–Trinajstić information content (AvgIpc) is 3.26. The van der Waals surface area contributed by atoms with Crippen molar-refractivity contribution in [1.29, 1.82) is 0 Å². The minimum absolute atomic E-state index is 0.265. The minimum atomic E-state index is -0.265. The predicted octanol–water partition coefficient (Wildman–Crippen LogP) is 4.91. The summed E-state index contributed by atoms with van der Waals surface area (Å²) < 4.78 is 16.4. The first-order chi connectivity index (χ1) is 12.7. The molecule has 0 radical (unpaired) electrons. The van der Waals surface area contributed by atoms with Crippen LogP contribution >= 0.6 is 11.6 Å². The summed E-state index contributed by atoms with van der Waals surface area (Å²) >= 11 is 6.26. The van der Waals surface area contributed by atoms with E-state index in [4.69, 9.17) is 16.6 Å². The van der Waals surface area contributed by atoms with Crippen molar-refractivity contribution < 1.29 is 4.39 Å². The Labute approximate surface area is 158 Å². The van der Waals surface area contributed by atoms with Gasteiger partial charge in [0.2, 0.25) is 0 Å². The van der Waals surface area contributed by atoms with E-state index in [2.05, 4.69) is 9.47 Å². The van der Waals surface area contributed by atoms with Crippen molar-refractivity contribution >= 4 is 22.6 Å². The zero-order valence-corrected chi connectivity index (χ0v) is 15.6. The van der Waals surface area contributed by atoms with Gasteiger partial charge < -0.3 is 9.47 Å². The van der Waals surface area contributed by atoms with E-state index in [0.717, 1.165) is 36.2 Å². The maximum absolute atomic E-state index is 14.3. The molecule has 1 aromatic heterocycles. The van der Waals surface area contributed by atoms with Gasteiger partial charge in [0.05, 0.1) is 17.6 Å². The highest BCUT2D eigenvalue weighted by molar-refractivity contribution is 6.31. The van der Waals surface area contributed by atoms with Crippen molar-refractivity contribution in [3.63, 3.8) is 0 Å². The van der Waals surface area contributed by atoms with Gasteiger partial charge in [-0.05, 0) is 63.2 Å². The van der Waals surface area contributed by atoms with E-state index >= 15 is 0 Å². The number of benzene rings is 2. The summed E-state index contributed by atoms with van der Waals surface area (Å²) in [7, 11) is 0. The SMILES string of the molecule is Fc1cccc(Cl)c1Cn1c(CCCN2CCCC2)nc2ccccc21. The Morgan fingerprint density at radius 2 is 1.85 bits per heavy atom. The molecule has 136 valence electrons. The number of aryl methyl sites for hydroxylation is 1. The summed E-state index contributed by atoms with van der Waals surface area (Å²) in [6, 6.07) is 12.9. The number of hydrogen-bond donors (Lipinski definition) is 0. The summed E-state index contributed by atoms with van der Waals surface area (Å²) in [5, 5.41) is 0.464. The number of nitrogens with zero attached hydrogens (tertiary/aromatic N) is 3. The Morgan fingerprint density at radius 3 is 2.65 bits per heavy atom. The molecule has 4 rings (SSSR count). The molecule has 2 heterocycles. The monoisotopic (exact) mass is 371 g/mol. The van der Waals surface area contributed by atoms with Gasteiger partial charge in [0, 0.05) is 17.0 Å². The number of para-hydroxylation sites is 2. The molecular formula is C21H23ClFN3. The first-order valence-electron chi connectivity index (χ1n) is 9.32. The Morgan fingerprint density at radius 1 is 1.04 bits per heavy atom. The van der Waals surface area contributed by atoms with E-state index < -0.39 is 0 Å². The maximum Gasteiger partial charge on any atom is 0.129 e. The van der Waals surface area contributed by atoms with Crippen LogP contribution in [0.1, 0.15) is 30.7 Å². The zero-order chi connectivity index (χ0) is 17.9. The summed E-state index contributed by atoms with van der Waals surface area (Å²) in [5.41, 5.74) is 2.51. The molecule has 0 bridgehead atoms. The number of aromatic nitrogens is 2. The van der Waals surface area contributed by atoms with Crippen LogP contribution in [0, 0.1) is 5.82 Å². The molecule has 0 saturated carbocycles. The van der Waals surface area contributed by atoms with Crippen molar-refractivity contribution in [3.05, 3.63) is 64.7 Å². The zero-order valence-electron chi connectivity index (χ0n) is 14.8. The molecule has 1 fully saturated rings. The van der Waals surface area contributed by atoms with E-state index in [0.29, 0.717) is 17.1 Å². The quantitative estimate of drug-likeness (QED) is 0.614. The van der Waals surface area contributed by atoms with Crippen molar-refractivity contribution in [2.24, 2.45) is 0 Å². The number of hydrogen-bond acceptors (Lipinski definition) is 2. The third-order valence-corrected chi connectivity index (χ3v) is 5.54. The highest BCUT2D eigenvalue weighted by Crippen LogP contribution is 2.24. The lowest BCUT2D eigenvalue weighted by atomic mass is 10.2. The van der Waals surface area contributed by atoms with Crippen LogP contribution < -0.4 is 0 Å². The lowest BCUT2D eigenvalue weighted by Crippen LogP contribution is -2.21. The van der Waals surface area contributed by atoms with Crippen LogP contribution in [0.25, 0.3) is 11.0 Å². The Balaban J connectivity index is 1.61. The molecule has 5 heteroatoms. The molecule has 3 nitrogen and oxygen atoms in total. The largest absolute Gasteiger partial charge is 0.323 e. The molecule has 2 aromatic carbocycles. The van der Waals surface area contributed by atoms with Crippen LogP contribution in [-0.2, 0) is 13.0 Å². The van der Waals surface area contributed by atoms with Crippen LogP contribution in [0.4, 0.5) is 4.39 Å². The first-order valence-corrected chi connectivity index (χ1v) is 9.69. The molecule has 26 heavy (non-hydrogen) atoms. The smallest absolute Gasteiger partial charge is 0.129 e. The van der Waals surface area contributed by atoms with Crippen LogP contribution in [0.15, 0.2) is 42.5 Å². The Kier molecular flexibility index (Phi) is 5.23. The summed E-state index contributed by atoms with van der Waals surface area (Å²) in [6.45, 7) is 3.93. The number of imidazole rings is 1. The summed E-state index contributed by atoms with van der Waals surface area (Å²) in [5.74, 6) is 0.739. The van der Waals surface area contributed by atoms with Gasteiger partial charge in [-0.1, -0.05) is 29.8 Å². The third-order valence-electron chi connectivity index (χ3n) is 5.18. The highest BCUT2D eigenvalue weighted by atomic mass is 35.5. The fourth-order valence-electron chi connectivity index (χ4n) is 3.80. The fourth-order valence-corrected chi connectivity index (χ4v) is 4.02. The number of fused-ring (bicyclic) bond motifs is 1. The van der Waals surface area contributed by atoms with Crippen LogP contribution in [0.5, 0.6) is 0 Å². The Hall–Kier alpha value is -1.91. The van der Waals surface area contributed by atoms with Crippen molar-refractivity contribution in [3.8, 4) is 0 Å². The van der Waals surface area contributed by atoms with E-state index in [1.165, 1.54) is 32.0 Å². The first kappa shape index (κ1) is 17.5. The van der Waals surface area contributed by atoms with E-state index in [1.807, 2.05) is 24.3 Å². The van der Waals surface area contributed by atoms with Gasteiger partial charge in [-0.15, -0.1) is 0 Å². The molecule has 0 spiro atoms. The average molecular weight is 372 g/mol. The Bertz CT molecular complexity index is 879. The molecule has 3 aromatic rings. The van der Waals surface area contributed by atoms with Crippen molar-refractivity contribution in [1.82, 2.24) is 14.5 Å². The van der Waals surface area contributed by atoms with E-state index in [-0.39, 0.29) is 5.82 Å². The molecule has 1 saturated heterocycles. The second kappa shape index (κ2) is 7.77. The number of halogens is 2. The van der Waals surface area contributed by atoms with Gasteiger partial charge >= 0.3 is 0 Å². The normalized spacial score (nSPS) is 15.2. The second-order valence-electron chi connectivity index (χ2n) is 6.96. The molecular weight excluding hydrogens is 349 g/mol. The molecule has 0 aliphatic carbocycles. The minimum Gasteiger partial charge on any atom is -0.323 e. The van der Waals surface area contributed by atoms with Gasteiger partial charge in [0.25, 0.3) is 0 Å². The maximum atomic E-state index is 14.3. The van der Waals surface area contributed by atoms with Gasteiger partial charge in [-0.3, -0.25) is 0 Å². The van der Waals surface area contributed by atoms with Gasteiger partial charge in [-0.25, -0.2) is 9.37 Å². The summed E-state index contributed by atoms with van der Waals surface area (Å²) in [4.78, 5) is 7.33. The van der Waals surface area contributed by atoms with Crippen molar-refractivity contribution in [2.75, 3.05) is 19.6 Å². The molecule has 0 unspecified atom stereocenters. The van der Waals surface area contributed by atoms with E-state index in [1.54, 1.807) is 12.1 Å². The molecule has 1 aliphatic heterocycles. The summed E-state index contributed by atoms with van der Waals surface area (Å²) in [6.07, 6.45) is 4.57. The lowest BCUT2D eigenvalue weighted by molar-refractivity contribution is 0.332. The molecule has 0 amide bonds. The third kappa shape index (κ3) is 3.62. The van der Waals surface area contributed by atoms with Crippen LogP contribution in [-0.4, -0.2) is 34.1 Å². The molecule has 0 N–H and O–H groups in total. The number of rotatable bonds is 6. The van der Waals surface area contributed by atoms with Gasteiger partial charge in [0.1, 0.15) is 11.6 Å². The fraction of sp³-hybridized carbons (Fsp3) is 0.381. The lowest BCUT2D eigenvalue weighted by Gasteiger charge is -2.15. The second-order valence-corrected chi connectivity index (χ2v) is 7.36. The van der Waals surface area contributed by atoms with E-state index in [9.17, 15) is 4.39 Å². The highest BCUT2D eigenvalue weighted by Gasteiger charge is 2.16. The standard InChI is InChI=1S/C21H23ClFN3/c22-17-7-5-8-18(23)16(17)15-26-20-10-2-1-9-19(20)24-21(26)11-6-14-25-12-3-4-13-25/h1-2,5,7-10H,3-4,6,11-15H2. The van der Waals surface area contributed by atoms with Crippen LogP contribution in [0.3, 0.4) is 0 Å². The number of likely N-dealkylation sites (tertiary alicyclic amines) is 1. The topological polar surface area (TPSA) is 21.1 Å². The van der Waals surface area contributed by atoms with Crippen molar-refractivity contribution in [2.45, 2.75) is 32.2 Å². The van der Waals surface area contributed by atoms with Crippen LogP contribution in [0.2, 0.25) is 5.02 Å². The molecule has 0 atom stereocenters. The van der Waals surface area contributed by atoms with Gasteiger partial charge in [-0.2, -0.15) is 0 Å². The predicted molar refractivity (Wildman–Crippen MR) is 104 cm³/mol.